The lowest BCUT2D eigenvalue weighted by atomic mass is 10.1. The largest absolute Gasteiger partial charge is 0.480 e. The van der Waals surface area contributed by atoms with Crippen LogP contribution in [-0.2, 0) is 9.59 Å². The van der Waals surface area contributed by atoms with Crippen molar-refractivity contribution >= 4 is 17.6 Å². The van der Waals surface area contributed by atoms with E-state index in [1.54, 1.807) is 0 Å². The van der Waals surface area contributed by atoms with Crippen molar-refractivity contribution in [1.82, 2.24) is 5.32 Å². The normalized spacial score (nSPS) is 11.9. The summed E-state index contributed by atoms with van der Waals surface area (Å²) < 4.78 is 0. The van der Waals surface area contributed by atoms with Crippen molar-refractivity contribution in [2.75, 3.05) is 11.9 Å². The van der Waals surface area contributed by atoms with Crippen molar-refractivity contribution in [1.29, 1.82) is 0 Å². The van der Waals surface area contributed by atoms with Crippen LogP contribution < -0.4 is 10.6 Å². The molecule has 1 amide bonds. The molecule has 110 valence electrons. The molecule has 1 aromatic carbocycles. The van der Waals surface area contributed by atoms with Crippen molar-refractivity contribution in [2.24, 2.45) is 0 Å². The summed E-state index contributed by atoms with van der Waals surface area (Å²) in [5.74, 6) is -1.31. The van der Waals surface area contributed by atoms with Gasteiger partial charge in [-0.2, -0.15) is 0 Å². The number of nitrogens with one attached hydrogen (secondary N) is 2. The molecule has 0 spiro atoms. The van der Waals surface area contributed by atoms with Crippen LogP contribution in [0.2, 0.25) is 0 Å². The number of hydrogen-bond donors (Lipinski definition) is 3. The van der Waals surface area contributed by atoms with Gasteiger partial charge in [-0.3, -0.25) is 9.59 Å². The Balaban J connectivity index is 2.60. The maximum Gasteiger partial charge on any atom is 0.321 e. The van der Waals surface area contributed by atoms with Crippen molar-refractivity contribution < 1.29 is 14.7 Å². The number of anilines is 1. The summed E-state index contributed by atoms with van der Waals surface area (Å²) in [7, 11) is 0. The first-order chi connectivity index (χ1) is 9.43. The molecule has 20 heavy (non-hydrogen) atoms. The second-order valence-electron chi connectivity index (χ2n) is 4.90. The Morgan fingerprint density at radius 1 is 1.25 bits per heavy atom. The summed E-state index contributed by atoms with van der Waals surface area (Å²) in [4.78, 5) is 22.9. The van der Waals surface area contributed by atoms with Crippen LogP contribution in [0.1, 0.15) is 30.9 Å². The minimum absolute atomic E-state index is 0.0811. The van der Waals surface area contributed by atoms with E-state index in [1.807, 2.05) is 39.0 Å². The van der Waals surface area contributed by atoms with E-state index in [2.05, 4.69) is 10.6 Å². The van der Waals surface area contributed by atoms with Crippen LogP contribution >= 0.6 is 0 Å². The van der Waals surface area contributed by atoms with Gasteiger partial charge in [0, 0.05) is 5.69 Å². The van der Waals surface area contributed by atoms with Gasteiger partial charge in [-0.25, -0.2) is 0 Å². The van der Waals surface area contributed by atoms with E-state index in [1.165, 1.54) is 0 Å². The Bertz CT molecular complexity index is 486. The summed E-state index contributed by atoms with van der Waals surface area (Å²) in [6, 6.07) is 4.77. The highest BCUT2D eigenvalue weighted by molar-refractivity contribution is 5.94. The molecule has 0 heterocycles. The van der Waals surface area contributed by atoms with E-state index in [-0.39, 0.29) is 12.3 Å². The lowest BCUT2D eigenvalue weighted by molar-refractivity contribution is -0.141. The zero-order valence-electron chi connectivity index (χ0n) is 12.2. The van der Waals surface area contributed by atoms with Crippen LogP contribution in [0.4, 0.5) is 5.69 Å². The van der Waals surface area contributed by atoms with Crippen LogP contribution in [0.15, 0.2) is 18.2 Å². The predicted octanol–water partition coefficient (Wildman–Crippen LogP) is 2.08. The highest BCUT2D eigenvalue weighted by atomic mass is 16.4. The Kier molecular flexibility index (Phi) is 6.18. The zero-order valence-corrected chi connectivity index (χ0v) is 12.2. The molecule has 0 aromatic heterocycles. The van der Waals surface area contributed by atoms with Gasteiger partial charge in [0.15, 0.2) is 0 Å². The Morgan fingerprint density at radius 2 is 1.95 bits per heavy atom. The number of carboxylic acid groups (broad SMARTS) is 1. The monoisotopic (exact) mass is 278 g/mol. The molecule has 0 saturated carbocycles. The molecule has 1 atom stereocenters. The molecular weight excluding hydrogens is 256 g/mol. The second kappa shape index (κ2) is 7.65. The van der Waals surface area contributed by atoms with Gasteiger partial charge < -0.3 is 15.7 Å². The molecule has 0 saturated heterocycles. The minimum atomic E-state index is -1.01. The average molecular weight is 278 g/mol. The molecule has 3 N–H and O–H groups in total. The predicted molar refractivity (Wildman–Crippen MR) is 78.9 cm³/mol. The molecule has 1 unspecified atom stereocenters. The molecule has 0 aliphatic heterocycles. The third kappa shape index (κ3) is 5.01. The molecule has 1 rings (SSSR count). The minimum Gasteiger partial charge on any atom is -0.480 e. The maximum absolute atomic E-state index is 11.9. The number of aliphatic carboxylic acids is 1. The van der Waals surface area contributed by atoms with Gasteiger partial charge in [0.25, 0.3) is 0 Å². The second-order valence-corrected chi connectivity index (χ2v) is 4.90. The number of rotatable bonds is 7. The van der Waals surface area contributed by atoms with Crippen LogP contribution in [0.5, 0.6) is 0 Å². The van der Waals surface area contributed by atoms with Crippen molar-refractivity contribution in [3.63, 3.8) is 0 Å². The molecule has 0 fully saturated rings. The van der Waals surface area contributed by atoms with Gasteiger partial charge in [0.1, 0.15) is 6.04 Å². The topological polar surface area (TPSA) is 78.4 Å². The van der Waals surface area contributed by atoms with Gasteiger partial charge in [-0.05, 0) is 50.1 Å². The maximum atomic E-state index is 11.9. The van der Waals surface area contributed by atoms with Crippen LogP contribution in [0.25, 0.3) is 0 Å². The zero-order chi connectivity index (χ0) is 15.1. The van der Waals surface area contributed by atoms with Crippen molar-refractivity contribution in [3.05, 3.63) is 29.3 Å². The Hall–Kier alpha value is -1.88. The number of carbonyl (C=O) groups excluding carboxylic acids is 1. The van der Waals surface area contributed by atoms with Crippen LogP contribution in [0.3, 0.4) is 0 Å². The summed E-state index contributed by atoms with van der Waals surface area (Å²) in [5, 5.41) is 14.6. The van der Waals surface area contributed by atoms with Crippen LogP contribution in [-0.4, -0.2) is 29.6 Å². The van der Waals surface area contributed by atoms with E-state index < -0.39 is 12.0 Å². The number of carboxylic acids is 1. The number of amides is 1. The lowest BCUT2D eigenvalue weighted by Gasteiger charge is -2.14. The quantitative estimate of drug-likeness (QED) is 0.713. The molecule has 0 radical (unpaired) electrons. The van der Waals surface area contributed by atoms with Crippen LogP contribution in [0, 0.1) is 13.8 Å². The lowest BCUT2D eigenvalue weighted by Crippen LogP contribution is -2.40. The third-order valence-electron chi connectivity index (χ3n) is 3.12. The molecule has 5 nitrogen and oxygen atoms in total. The number of aryl methyl sites for hydroxylation is 2. The molecule has 1 aromatic rings. The van der Waals surface area contributed by atoms with E-state index in [0.29, 0.717) is 12.2 Å². The first-order valence-electron chi connectivity index (χ1n) is 6.77. The first-order valence-corrected chi connectivity index (χ1v) is 6.77. The fourth-order valence-corrected chi connectivity index (χ4v) is 1.78. The first kappa shape index (κ1) is 16.2. The van der Waals surface area contributed by atoms with E-state index in [9.17, 15) is 9.59 Å². The Morgan fingerprint density at radius 3 is 2.50 bits per heavy atom. The van der Waals surface area contributed by atoms with Crippen molar-refractivity contribution in [2.45, 2.75) is 39.7 Å². The third-order valence-corrected chi connectivity index (χ3v) is 3.12. The van der Waals surface area contributed by atoms with E-state index >= 15 is 0 Å². The number of hydrogen-bond acceptors (Lipinski definition) is 3. The smallest absolute Gasteiger partial charge is 0.321 e. The van der Waals surface area contributed by atoms with Gasteiger partial charge in [0.05, 0.1) is 6.42 Å². The fraction of sp³-hybridized carbons (Fsp3) is 0.467. The fourth-order valence-electron chi connectivity index (χ4n) is 1.78. The SMILES string of the molecule is CCCNC(CC(=O)Nc1ccc(C)c(C)c1)C(=O)O. The van der Waals surface area contributed by atoms with E-state index in [0.717, 1.165) is 17.5 Å². The van der Waals surface area contributed by atoms with E-state index in [4.69, 9.17) is 5.11 Å². The summed E-state index contributed by atoms with van der Waals surface area (Å²) in [6.07, 6.45) is 0.741. The summed E-state index contributed by atoms with van der Waals surface area (Å²) >= 11 is 0. The molecule has 0 aliphatic carbocycles. The summed E-state index contributed by atoms with van der Waals surface area (Å²) in [5.41, 5.74) is 2.93. The van der Waals surface area contributed by atoms with Crippen molar-refractivity contribution in [3.8, 4) is 0 Å². The highest BCUT2D eigenvalue weighted by Crippen LogP contribution is 2.14. The number of benzene rings is 1. The molecule has 5 heteroatoms. The summed E-state index contributed by atoms with van der Waals surface area (Å²) in [6.45, 7) is 6.48. The van der Waals surface area contributed by atoms with Gasteiger partial charge in [0.2, 0.25) is 5.91 Å². The van der Waals surface area contributed by atoms with Gasteiger partial charge in [-0.15, -0.1) is 0 Å². The Labute approximate surface area is 119 Å². The number of carbonyl (C=O) groups is 2. The molecule has 0 aliphatic rings. The standard InChI is InChI=1S/C15H22N2O3/c1-4-7-16-13(15(19)20)9-14(18)17-12-6-5-10(2)11(3)8-12/h5-6,8,13,16H,4,7,9H2,1-3H3,(H,17,18)(H,19,20). The molecule has 0 bridgehead atoms. The average Bonchev–Trinajstić information content (AvgIpc) is 2.38. The highest BCUT2D eigenvalue weighted by Gasteiger charge is 2.20. The molecular formula is C15H22N2O3. The van der Waals surface area contributed by atoms with Gasteiger partial charge >= 0.3 is 5.97 Å². The van der Waals surface area contributed by atoms with Gasteiger partial charge in [-0.1, -0.05) is 13.0 Å².